The lowest BCUT2D eigenvalue weighted by Gasteiger charge is -2.20. The zero-order valence-electron chi connectivity index (χ0n) is 16.3. The van der Waals surface area contributed by atoms with Gasteiger partial charge in [-0.1, -0.05) is 50.1 Å². The second kappa shape index (κ2) is 9.34. The van der Waals surface area contributed by atoms with Crippen molar-refractivity contribution in [2.24, 2.45) is 0 Å². The molecular weight excluding hydrogens is 372 g/mol. The Labute approximate surface area is 167 Å². The Balaban J connectivity index is 1.71. The fourth-order valence-corrected chi connectivity index (χ4v) is 5.15. The monoisotopic (exact) mass is 400 g/mol. The van der Waals surface area contributed by atoms with Gasteiger partial charge in [-0.05, 0) is 49.1 Å². The SMILES string of the molecule is CC[C@@H](C(=O)Nc1ccc(S(=O)(=O)N2CCCCCC2)cc1)c1ccccc1. The van der Waals surface area contributed by atoms with Gasteiger partial charge in [0.25, 0.3) is 0 Å². The van der Waals surface area contributed by atoms with E-state index >= 15 is 0 Å². The molecule has 3 rings (SSSR count). The highest BCUT2D eigenvalue weighted by atomic mass is 32.2. The van der Waals surface area contributed by atoms with Gasteiger partial charge in [0.15, 0.2) is 0 Å². The predicted molar refractivity (Wildman–Crippen MR) is 112 cm³/mol. The van der Waals surface area contributed by atoms with Crippen LogP contribution in [-0.2, 0) is 14.8 Å². The Bertz CT molecular complexity index is 872. The third kappa shape index (κ3) is 4.80. The number of anilines is 1. The van der Waals surface area contributed by atoms with Crippen LogP contribution >= 0.6 is 0 Å². The summed E-state index contributed by atoms with van der Waals surface area (Å²) in [5, 5.41) is 2.91. The van der Waals surface area contributed by atoms with Crippen molar-refractivity contribution < 1.29 is 13.2 Å². The Morgan fingerprint density at radius 3 is 2.14 bits per heavy atom. The molecule has 0 unspecified atom stereocenters. The first-order valence-electron chi connectivity index (χ1n) is 9.98. The summed E-state index contributed by atoms with van der Waals surface area (Å²) in [5.74, 6) is -0.321. The zero-order valence-corrected chi connectivity index (χ0v) is 17.1. The first kappa shape index (κ1) is 20.6. The third-order valence-electron chi connectivity index (χ3n) is 5.25. The number of hydrogen-bond acceptors (Lipinski definition) is 3. The molecule has 28 heavy (non-hydrogen) atoms. The molecule has 1 N–H and O–H groups in total. The van der Waals surface area contributed by atoms with Crippen LogP contribution in [0.25, 0.3) is 0 Å². The van der Waals surface area contributed by atoms with Crippen LogP contribution in [0.5, 0.6) is 0 Å². The van der Waals surface area contributed by atoms with Crippen LogP contribution in [0.3, 0.4) is 0 Å². The molecule has 0 aliphatic carbocycles. The van der Waals surface area contributed by atoms with Gasteiger partial charge in [-0.25, -0.2) is 8.42 Å². The van der Waals surface area contributed by atoms with Gasteiger partial charge in [0.1, 0.15) is 0 Å². The highest BCUT2D eigenvalue weighted by Crippen LogP contribution is 2.24. The van der Waals surface area contributed by atoms with Gasteiger partial charge < -0.3 is 5.32 Å². The minimum Gasteiger partial charge on any atom is -0.326 e. The maximum absolute atomic E-state index is 12.9. The van der Waals surface area contributed by atoms with Gasteiger partial charge in [-0.3, -0.25) is 4.79 Å². The number of carbonyl (C=O) groups excluding carboxylic acids is 1. The van der Waals surface area contributed by atoms with Gasteiger partial charge in [0.05, 0.1) is 10.8 Å². The van der Waals surface area contributed by atoms with Crippen LogP contribution in [0.2, 0.25) is 0 Å². The molecule has 2 aromatic rings. The summed E-state index contributed by atoms with van der Waals surface area (Å²) >= 11 is 0. The molecule has 5 nitrogen and oxygen atoms in total. The standard InChI is InChI=1S/C22H28N2O3S/c1-2-21(18-10-6-5-7-11-18)22(25)23-19-12-14-20(15-13-19)28(26,27)24-16-8-3-4-9-17-24/h5-7,10-15,21H,2-4,8-9,16-17H2,1H3,(H,23,25)/t21-/m1/s1. The van der Waals surface area contributed by atoms with Crippen LogP contribution in [-0.4, -0.2) is 31.7 Å². The summed E-state index contributed by atoms with van der Waals surface area (Å²) in [6.45, 7) is 3.14. The van der Waals surface area contributed by atoms with Gasteiger partial charge in [-0.2, -0.15) is 4.31 Å². The Morgan fingerprint density at radius 2 is 1.57 bits per heavy atom. The molecule has 150 valence electrons. The summed E-state index contributed by atoms with van der Waals surface area (Å²) in [7, 11) is -3.47. The first-order valence-corrected chi connectivity index (χ1v) is 11.4. The topological polar surface area (TPSA) is 66.5 Å². The number of nitrogens with zero attached hydrogens (tertiary/aromatic N) is 1. The number of sulfonamides is 1. The molecule has 1 saturated heterocycles. The van der Waals surface area contributed by atoms with Crippen molar-refractivity contribution in [3.05, 3.63) is 60.2 Å². The van der Waals surface area contributed by atoms with Crippen LogP contribution in [0.4, 0.5) is 5.69 Å². The number of hydrogen-bond donors (Lipinski definition) is 1. The van der Waals surface area contributed by atoms with Gasteiger partial charge >= 0.3 is 0 Å². The number of nitrogens with one attached hydrogen (secondary N) is 1. The predicted octanol–water partition coefficient (Wildman–Crippen LogP) is 4.38. The molecule has 1 aliphatic rings. The molecule has 1 atom stereocenters. The molecule has 1 heterocycles. The van der Waals surface area contributed by atoms with Crippen LogP contribution < -0.4 is 5.32 Å². The molecule has 0 radical (unpaired) electrons. The van der Waals surface area contributed by atoms with E-state index in [2.05, 4.69) is 5.32 Å². The largest absolute Gasteiger partial charge is 0.326 e. The first-order chi connectivity index (χ1) is 13.5. The van der Waals surface area contributed by atoms with Crippen LogP contribution in [0, 0.1) is 0 Å². The van der Waals surface area contributed by atoms with Crippen molar-refractivity contribution in [1.82, 2.24) is 4.31 Å². The molecule has 0 saturated carbocycles. The summed E-state index contributed by atoms with van der Waals surface area (Å²) in [6, 6.07) is 16.2. The average Bonchev–Trinajstić information content (AvgIpc) is 3.00. The van der Waals surface area contributed by atoms with Crippen LogP contribution in [0.15, 0.2) is 59.5 Å². The number of rotatable bonds is 6. The third-order valence-corrected chi connectivity index (χ3v) is 7.16. The lowest BCUT2D eigenvalue weighted by atomic mass is 9.95. The minimum absolute atomic E-state index is 0.0863. The number of amides is 1. The Morgan fingerprint density at radius 1 is 0.964 bits per heavy atom. The Kier molecular flexibility index (Phi) is 6.86. The van der Waals surface area contributed by atoms with Crippen molar-refractivity contribution in [2.75, 3.05) is 18.4 Å². The molecule has 1 fully saturated rings. The van der Waals surface area contributed by atoms with E-state index in [-0.39, 0.29) is 16.7 Å². The fraction of sp³-hybridized carbons (Fsp3) is 0.409. The summed E-state index contributed by atoms with van der Waals surface area (Å²) < 4.78 is 27.3. The van der Waals surface area contributed by atoms with Gasteiger partial charge in [0.2, 0.25) is 15.9 Å². The van der Waals surface area contributed by atoms with Gasteiger partial charge in [-0.15, -0.1) is 0 Å². The normalized spacial score (nSPS) is 16.9. The van der Waals surface area contributed by atoms with E-state index in [0.29, 0.717) is 25.2 Å². The molecule has 0 aromatic heterocycles. The smallest absolute Gasteiger partial charge is 0.243 e. The van der Waals surface area contributed by atoms with Crippen molar-refractivity contribution >= 4 is 21.6 Å². The Hall–Kier alpha value is -2.18. The molecule has 1 amide bonds. The van der Waals surface area contributed by atoms with Crippen molar-refractivity contribution in [1.29, 1.82) is 0 Å². The number of benzene rings is 2. The second-order valence-electron chi connectivity index (χ2n) is 7.20. The highest BCUT2D eigenvalue weighted by Gasteiger charge is 2.25. The van der Waals surface area contributed by atoms with Crippen molar-refractivity contribution in [3.63, 3.8) is 0 Å². The highest BCUT2D eigenvalue weighted by molar-refractivity contribution is 7.89. The quantitative estimate of drug-likeness (QED) is 0.782. The summed E-state index contributed by atoms with van der Waals surface area (Å²) in [4.78, 5) is 13.0. The van der Waals surface area contributed by atoms with Crippen molar-refractivity contribution in [3.8, 4) is 0 Å². The molecule has 0 bridgehead atoms. The molecule has 0 spiro atoms. The average molecular weight is 401 g/mol. The van der Waals surface area contributed by atoms with E-state index in [9.17, 15) is 13.2 Å². The zero-order chi connectivity index (χ0) is 20.0. The maximum Gasteiger partial charge on any atom is 0.243 e. The van der Waals surface area contributed by atoms with E-state index in [4.69, 9.17) is 0 Å². The molecule has 6 heteroatoms. The van der Waals surface area contributed by atoms with Gasteiger partial charge in [0, 0.05) is 18.8 Å². The maximum atomic E-state index is 12.9. The molecule has 1 aliphatic heterocycles. The van der Waals surface area contributed by atoms with E-state index in [1.807, 2.05) is 37.3 Å². The van der Waals surface area contributed by atoms with Crippen LogP contribution in [0.1, 0.15) is 50.5 Å². The molecular formula is C22H28N2O3S. The lowest BCUT2D eigenvalue weighted by Crippen LogP contribution is -2.31. The van der Waals surface area contributed by atoms with Crippen molar-refractivity contribution in [2.45, 2.75) is 49.8 Å². The lowest BCUT2D eigenvalue weighted by molar-refractivity contribution is -0.117. The van der Waals surface area contributed by atoms with E-state index in [0.717, 1.165) is 31.2 Å². The summed E-state index contributed by atoms with van der Waals surface area (Å²) in [5.41, 5.74) is 1.58. The van der Waals surface area contributed by atoms with E-state index in [1.165, 1.54) is 0 Å². The van der Waals surface area contributed by atoms with E-state index in [1.54, 1.807) is 28.6 Å². The minimum atomic E-state index is -3.47. The molecule has 2 aromatic carbocycles. The second-order valence-corrected chi connectivity index (χ2v) is 9.14. The van der Waals surface area contributed by atoms with E-state index < -0.39 is 10.0 Å². The summed E-state index contributed by atoms with van der Waals surface area (Å²) in [6.07, 6.45) is 4.67. The fourth-order valence-electron chi connectivity index (χ4n) is 3.63. The number of carbonyl (C=O) groups is 1.